The average molecular weight is 218 g/mol. The van der Waals surface area contributed by atoms with E-state index in [9.17, 15) is 5.11 Å². The number of aliphatic carboxylic acids is 1. The van der Waals surface area contributed by atoms with Gasteiger partial charge in [-0.05, 0) is 32.1 Å². The molecule has 0 bridgehead atoms. The maximum atomic E-state index is 9.26. The fourth-order valence-electron chi connectivity index (χ4n) is 1.45. The van der Waals surface area contributed by atoms with Crippen molar-refractivity contribution >= 4 is 5.97 Å². The van der Waals surface area contributed by atoms with Gasteiger partial charge in [0.2, 0.25) is 0 Å². The minimum absolute atomic E-state index is 0.112. The summed E-state index contributed by atoms with van der Waals surface area (Å²) in [5.41, 5.74) is 0. The van der Waals surface area contributed by atoms with Crippen molar-refractivity contribution in [3.63, 3.8) is 0 Å². The van der Waals surface area contributed by atoms with E-state index in [1.807, 2.05) is 6.92 Å². The molecule has 2 N–H and O–H groups in total. The van der Waals surface area contributed by atoms with Crippen molar-refractivity contribution in [3.05, 3.63) is 0 Å². The number of carboxylic acid groups (broad SMARTS) is 1. The molecule has 0 aromatic heterocycles. The number of hydrogen-bond donors (Lipinski definition) is 2. The van der Waals surface area contributed by atoms with Crippen LogP contribution in [0.25, 0.3) is 0 Å². The van der Waals surface area contributed by atoms with Crippen molar-refractivity contribution in [2.75, 3.05) is 6.61 Å². The molecule has 15 heavy (non-hydrogen) atoms. The van der Waals surface area contributed by atoms with Gasteiger partial charge in [0, 0.05) is 13.5 Å². The summed E-state index contributed by atoms with van der Waals surface area (Å²) in [5.74, 6) is -0.833. The van der Waals surface area contributed by atoms with Gasteiger partial charge in [-0.2, -0.15) is 0 Å². The van der Waals surface area contributed by atoms with Crippen molar-refractivity contribution in [2.24, 2.45) is 0 Å². The number of aliphatic hydroxyl groups is 1. The van der Waals surface area contributed by atoms with Gasteiger partial charge >= 0.3 is 0 Å². The van der Waals surface area contributed by atoms with Crippen LogP contribution in [0.4, 0.5) is 0 Å². The molecule has 0 spiro atoms. The molecule has 2 atom stereocenters. The number of carbonyl (C=O) groups is 1. The minimum Gasteiger partial charge on any atom is -0.481 e. The number of hydrogen-bond acceptors (Lipinski definition) is 3. The monoisotopic (exact) mass is 218 g/mol. The van der Waals surface area contributed by atoms with Crippen LogP contribution >= 0.6 is 0 Å². The summed E-state index contributed by atoms with van der Waals surface area (Å²) in [7, 11) is 0. The van der Waals surface area contributed by atoms with E-state index in [1.54, 1.807) is 0 Å². The van der Waals surface area contributed by atoms with Gasteiger partial charge in [0.25, 0.3) is 5.97 Å². The zero-order chi connectivity index (χ0) is 11.7. The Bertz CT molecular complexity index is 160. The zero-order valence-corrected chi connectivity index (χ0v) is 9.61. The first-order valence-electron chi connectivity index (χ1n) is 5.55. The molecule has 1 fully saturated rings. The third-order valence-electron chi connectivity index (χ3n) is 2.32. The van der Waals surface area contributed by atoms with Crippen LogP contribution in [0.2, 0.25) is 0 Å². The lowest BCUT2D eigenvalue weighted by atomic mass is 10.1. The van der Waals surface area contributed by atoms with Gasteiger partial charge in [0.05, 0.1) is 12.2 Å². The van der Waals surface area contributed by atoms with E-state index >= 15 is 0 Å². The maximum Gasteiger partial charge on any atom is 0.300 e. The molecule has 0 amide bonds. The number of rotatable bonds is 4. The molecule has 1 rings (SSSR count). The first kappa shape index (κ1) is 14.4. The molecule has 4 heteroatoms. The van der Waals surface area contributed by atoms with Gasteiger partial charge in [0.15, 0.2) is 0 Å². The number of carboxylic acids is 1. The molecule has 0 saturated carbocycles. The molecule has 0 aliphatic carbocycles. The highest BCUT2D eigenvalue weighted by Crippen LogP contribution is 2.18. The predicted octanol–water partition coefficient (Wildman–Crippen LogP) is 1.81. The molecule has 90 valence electrons. The maximum absolute atomic E-state index is 9.26. The first-order chi connectivity index (χ1) is 7.06. The fraction of sp³-hybridized carbons (Fsp3) is 0.909. The van der Waals surface area contributed by atoms with E-state index in [4.69, 9.17) is 14.6 Å². The van der Waals surface area contributed by atoms with Gasteiger partial charge in [0.1, 0.15) is 0 Å². The fourth-order valence-corrected chi connectivity index (χ4v) is 1.45. The average Bonchev–Trinajstić information content (AvgIpc) is 2.65. The van der Waals surface area contributed by atoms with Crippen LogP contribution in [-0.4, -0.2) is 35.0 Å². The summed E-state index contributed by atoms with van der Waals surface area (Å²) in [6.07, 6.45) is 5.53. The lowest BCUT2D eigenvalue weighted by Gasteiger charge is -2.11. The van der Waals surface area contributed by atoms with E-state index in [1.165, 1.54) is 12.8 Å². The van der Waals surface area contributed by atoms with Crippen molar-refractivity contribution in [3.8, 4) is 0 Å². The largest absolute Gasteiger partial charge is 0.481 e. The molecule has 0 aromatic carbocycles. The lowest BCUT2D eigenvalue weighted by molar-refractivity contribution is -0.134. The Balaban J connectivity index is 0.000000423. The molecule has 0 radical (unpaired) electrons. The van der Waals surface area contributed by atoms with E-state index < -0.39 is 5.97 Å². The summed E-state index contributed by atoms with van der Waals surface area (Å²) in [6.45, 7) is 4.02. The summed E-state index contributed by atoms with van der Waals surface area (Å²) in [5, 5.41) is 16.7. The standard InChI is InChI=1S/C9H18O2.C2H4O2/c1-2-8(10)5-6-9-4-3-7-11-9;1-2(3)4/h8-10H,2-7H2,1H3;1H3,(H,3,4). The van der Waals surface area contributed by atoms with Crippen LogP contribution in [0.5, 0.6) is 0 Å². The van der Waals surface area contributed by atoms with Gasteiger partial charge in [-0.25, -0.2) is 0 Å². The zero-order valence-electron chi connectivity index (χ0n) is 9.61. The molecule has 2 unspecified atom stereocenters. The molecule has 1 aliphatic rings. The van der Waals surface area contributed by atoms with Crippen molar-refractivity contribution in [2.45, 2.75) is 58.2 Å². The first-order valence-corrected chi connectivity index (χ1v) is 5.55. The van der Waals surface area contributed by atoms with Gasteiger partial charge in [-0.3, -0.25) is 4.79 Å². The molecular formula is C11H22O4. The van der Waals surface area contributed by atoms with Crippen LogP contribution < -0.4 is 0 Å². The highest BCUT2D eigenvalue weighted by atomic mass is 16.5. The quantitative estimate of drug-likeness (QED) is 0.755. The Labute approximate surface area is 91.3 Å². The minimum atomic E-state index is -0.833. The highest BCUT2D eigenvalue weighted by Gasteiger charge is 2.15. The molecule has 0 aromatic rings. The predicted molar refractivity (Wildman–Crippen MR) is 57.8 cm³/mol. The van der Waals surface area contributed by atoms with Gasteiger partial charge < -0.3 is 14.9 Å². The third-order valence-corrected chi connectivity index (χ3v) is 2.32. The van der Waals surface area contributed by atoms with Crippen molar-refractivity contribution in [1.29, 1.82) is 0 Å². The van der Waals surface area contributed by atoms with E-state index in [0.29, 0.717) is 6.10 Å². The molecular weight excluding hydrogens is 196 g/mol. The topological polar surface area (TPSA) is 66.8 Å². The Hall–Kier alpha value is -0.610. The van der Waals surface area contributed by atoms with Crippen molar-refractivity contribution < 1.29 is 19.7 Å². The van der Waals surface area contributed by atoms with E-state index in [2.05, 4.69) is 0 Å². The van der Waals surface area contributed by atoms with Crippen LogP contribution in [0.1, 0.15) is 46.0 Å². The van der Waals surface area contributed by atoms with E-state index in [-0.39, 0.29) is 6.10 Å². The second-order valence-electron chi connectivity index (χ2n) is 3.79. The van der Waals surface area contributed by atoms with Crippen LogP contribution in [-0.2, 0) is 9.53 Å². The van der Waals surface area contributed by atoms with Crippen molar-refractivity contribution in [1.82, 2.24) is 0 Å². The second kappa shape index (κ2) is 8.68. The summed E-state index contributed by atoms with van der Waals surface area (Å²) in [6, 6.07) is 0. The van der Waals surface area contributed by atoms with Gasteiger partial charge in [-0.15, -0.1) is 0 Å². The Morgan fingerprint density at radius 1 is 1.60 bits per heavy atom. The third kappa shape index (κ3) is 9.69. The Morgan fingerprint density at radius 2 is 2.20 bits per heavy atom. The SMILES string of the molecule is CC(=O)O.CCC(O)CCC1CCCO1. The Morgan fingerprint density at radius 3 is 2.60 bits per heavy atom. The molecule has 4 nitrogen and oxygen atoms in total. The molecule has 1 aliphatic heterocycles. The summed E-state index contributed by atoms with van der Waals surface area (Å²) in [4.78, 5) is 9.00. The smallest absolute Gasteiger partial charge is 0.300 e. The summed E-state index contributed by atoms with van der Waals surface area (Å²) < 4.78 is 5.44. The number of ether oxygens (including phenoxy) is 1. The van der Waals surface area contributed by atoms with Crippen LogP contribution in [0.3, 0.4) is 0 Å². The van der Waals surface area contributed by atoms with E-state index in [0.717, 1.165) is 32.8 Å². The highest BCUT2D eigenvalue weighted by molar-refractivity contribution is 5.62. The summed E-state index contributed by atoms with van der Waals surface area (Å²) >= 11 is 0. The molecule has 1 heterocycles. The second-order valence-corrected chi connectivity index (χ2v) is 3.79. The number of aliphatic hydroxyl groups excluding tert-OH is 1. The lowest BCUT2D eigenvalue weighted by Crippen LogP contribution is -2.11. The normalized spacial score (nSPS) is 21.7. The van der Waals surface area contributed by atoms with Gasteiger partial charge in [-0.1, -0.05) is 6.92 Å². The van der Waals surface area contributed by atoms with Crippen LogP contribution in [0, 0.1) is 0 Å². The van der Waals surface area contributed by atoms with Crippen LogP contribution in [0.15, 0.2) is 0 Å². The Kier molecular flexibility index (Phi) is 8.33. The molecule has 1 saturated heterocycles.